The van der Waals surface area contributed by atoms with Crippen LogP contribution in [0.4, 0.5) is 0 Å². The van der Waals surface area contributed by atoms with E-state index in [0.717, 1.165) is 57.3 Å². The van der Waals surface area contributed by atoms with Gasteiger partial charge in [0.1, 0.15) is 5.75 Å². The highest BCUT2D eigenvalue weighted by molar-refractivity contribution is 5.53. The highest BCUT2D eigenvalue weighted by Crippen LogP contribution is 2.21. The van der Waals surface area contributed by atoms with Crippen LogP contribution in [0, 0.1) is 0 Å². The summed E-state index contributed by atoms with van der Waals surface area (Å²) in [6.45, 7) is 9.44. The van der Waals surface area contributed by atoms with E-state index in [1.165, 1.54) is 0 Å². The summed E-state index contributed by atoms with van der Waals surface area (Å²) in [6, 6.07) is 7.63. The SMILES string of the molecule is CCOCCN1CCN(Cc2nnc(-c3ccc(OC)cc3)o2)CC1. The predicted molar refractivity (Wildman–Crippen MR) is 94.5 cm³/mol. The van der Waals surface area contributed by atoms with Gasteiger partial charge >= 0.3 is 0 Å². The molecule has 7 nitrogen and oxygen atoms in total. The highest BCUT2D eigenvalue weighted by Gasteiger charge is 2.19. The molecule has 1 fully saturated rings. The molecule has 1 aliphatic heterocycles. The van der Waals surface area contributed by atoms with Crippen molar-refractivity contribution in [2.75, 3.05) is 53.0 Å². The molecule has 0 spiro atoms. The predicted octanol–water partition coefficient (Wildman–Crippen LogP) is 1.90. The second-order valence-corrected chi connectivity index (χ2v) is 6.04. The summed E-state index contributed by atoms with van der Waals surface area (Å²) in [4.78, 5) is 4.78. The van der Waals surface area contributed by atoms with E-state index in [-0.39, 0.29) is 0 Å². The molecule has 0 N–H and O–H groups in total. The number of piperazine rings is 1. The van der Waals surface area contributed by atoms with Crippen molar-refractivity contribution in [1.29, 1.82) is 0 Å². The number of benzene rings is 1. The standard InChI is InChI=1S/C18H26N4O3/c1-3-24-13-12-21-8-10-22(11-9-21)14-17-19-20-18(25-17)15-4-6-16(23-2)7-5-15/h4-7H,3,8-14H2,1-2H3. The van der Waals surface area contributed by atoms with Gasteiger partial charge < -0.3 is 13.9 Å². The molecule has 7 heteroatoms. The van der Waals surface area contributed by atoms with Crippen molar-refractivity contribution in [3.05, 3.63) is 30.2 Å². The molecule has 0 unspecified atom stereocenters. The van der Waals surface area contributed by atoms with E-state index in [1.807, 2.05) is 31.2 Å². The molecule has 0 saturated carbocycles. The van der Waals surface area contributed by atoms with Gasteiger partial charge in [-0.15, -0.1) is 10.2 Å². The van der Waals surface area contributed by atoms with Gasteiger partial charge in [-0.25, -0.2) is 0 Å². The Morgan fingerprint density at radius 3 is 2.44 bits per heavy atom. The summed E-state index contributed by atoms with van der Waals surface area (Å²) in [5.41, 5.74) is 0.903. The molecule has 0 aliphatic carbocycles. The lowest BCUT2D eigenvalue weighted by Gasteiger charge is -2.33. The minimum Gasteiger partial charge on any atom is -0.497 e. The number of methoxy groups -OCH3 is 1. The van der Waals surface area contributed by atoms with Gasteiger partial charge in [-0.1, -0.05) is 0 Å². The summed E-state index contributed by atoms with van der Waals surface area (Å²) in [5, 5.41) is 8.35. The van der Waals surface area contributed by atoms with Crippen LogP contribution in [-0.2, 0) is 11.3 Å². The van der Waals surface area contributed by atoms with Crippen LogP contribution in [0.15, 0.2) is 28.7 Å². The molecule has 0 atom stereocenters. The Bertz CT molecular complexity index is 636. The first kappa shape index (κ1) is 17.8. The Balaban J connectivity index is 1.49. The summed E-state index contributed by atoms with van der Waals surface area (Å²) >= 11 is 0. The Hall–Kier alpha value is -1.96. The topological polar surface area (TPSA) is 63.9 Å². The maximum Gasteiger partial charge on any atom is 0.247 e. The largest absolute Gasteiger partial charge is 0.497 e. The van der Waals surface area contributed by atoms with Crippen molar-refractivity contribution in [2.24, 2.45) is 0 Å². The van der Waals surface area contributed by atoms with Crippen molar-refractivity contribution < 1.29 is 13.9 Å². The normalized spacial score (nSPS) is 16.2. The zero-order valence-corrected chi connectivity index (χ0v) is 15.0. The van der Waals surface area contributed by atoms with Gasteiger partial charge in [0.25, 0.3) is 0 Å². The summed E-state index contributed by atoms with van der Waals surface area (Å²) in [6.07, 6.45) is 0. The summed E-state index contributed by atoms with van der Waals surface area (Å²) < 4.78 is 16.4. The van der Waals surface area contributed by atoms with Crippen molar-refractivity contribution in [3.8, 4) is 17.2 Å². The van der Waals surface area contributed by atoms with Crippen molar-refractivity contribution in [2.45, 2.75) is 13.5 Å². The van der Waals surface area contributed by atoms with Crippen molar-refractivity contribution >= 4 is 0 Å². The zero-order chi connectivity index (χ0) is 17.5. The number of hydrogen-bond donors (Lipinski definition) is 0. The van der Waals surface area contributed by atoms with Crippen LogP contribution in [-0.4, -0.2) is 73.0 Å². The van der Waals surface area contributed by atoms with E-state index in [1.54, 1.807) is 7.11 Å². The molecule has 3 rings (SSSR count). The van der Waals surface area contributed by atoms with Gasteiger partial charge in [0.05, 0.1) is 20.3 Å². The van der Waals surface area contributed by atoms with E-state index in [4.69, 9.17) is 13.9 Å². The van der Waals surface area contributed by atoms with Crippen LogP contribution in [0.1, 0.15) is 12.8 Å². The van der Waals surface area contributed by atoms with Crippen LogP contribution >= 0.6 is 0 Å². The Morgan fingerprint density at radius 1 is 1.04 bits per heavy atom. The van der Waals surface area contributed by atoms with E-state index < -0.39 is 0 Å². The fourth-order valence-electron chi connectivity index (χ4n) is 2.87. The molecule has 1 aromatic heterocycles. The minimum absolute atomic E-state index is 0.549. The van der Waals surface area contributed by atoms with Crippen LogP contribution in [0.25, 0.3) is 11.5 Å². The lowest BCUT2D eigenvalue weighted by atomic mass is 10.2. The van der Waals surface area contributed by atoms with Gasteiger partial charge in [0, 0.05) is 44.9 Å². The second-order valence-electron chi connectivity index (χ2n) is 6.04. The Labute approximate surface area is 148 Å². The number of nitrogens with zero attached hydrogens (tertiary/aromatic N) is 4. The van der Waals surface area contributed by atoms with E-state index in [2.05, 4.69) is 20.0 Å². The minimum atomic E-state index is 0.549. The number of rotatable bonds is 8. The van der Waals surface area contributed by atoms with E-state index in [9.17, 15) is 0 Å². The maximum atomic E-state index is 5.81. The lowest BCUT2D eigenvalue weighted by Crippen LogP contribution is -2.46. The number of ether oxygens (including phenoxy) is 2. The molecular formula is C18H26N4O3. The number of hydrogen-bond acceptors (Lipinski definition) is 7. The number of aromatic nitrogens is 2. The molecule has 2 aromatic rings. The van der Waals surface area contributed by atoms with E-state index >= 15 is 0 Å². The van der Waals surface area contributed by atoms with Gasteiger partial charge in [-0.2, -0.15) is 0 Å². The molecule has 1 aromatic carbocycles. The molecule has 1 saturated heterocycles. The first-order chi connectivity index (χ1) is 12.3. The van der Waals surface area contributed by atoms with Gasteiger partial charge in [0.2, 0.25) is 11.8 Å². The Morgan fingerprint density at radius 2 is 1.76 bits per heavy atom. The summed E-state index contributed by atoms with van der Waals surface area (Å²) in [5.74, 6) is 2.02. The first-order valence-corrected chi connectivity index (χ1v) is 8.77. The van der Waals surface area contributed by atoms with Gasteiger partial charge in [-0.05, 0) is 31.2 Å². The molecule has 1 aliphatic rings. The molecular weight excluding hydrogens is 320 g/mol. The third-order valence-electron chi connectivity index (χ3n) is 4.38. The van der Waals surface area contributed by atoms with Crippen LogP contribution in [0.3, 0.4) is 0 Å². The van der Waals surface area contributed by atoms with Crippen LogP contribution < -0.4 is 4.74 Å². The monoisotopic (exact) mass is 346 g/mol. The maximum absolute atomic E-state index is 5.81. The molecule has 25 heavy (non-hydrogen) atoms. The second kappa shape index (κ2) is 8.94. The van der Waals surface area contributed by atoms with Crippen LogP contribution in [0.5, 0.6) is 5.75 Å². The average molecular weight is 346 g/mol. The smallest absolute Gasteiger partial charge is 0.247 e. The molecule has 0 amide bonds. The third kappa shape index (κ3) is 5.01. The summed E-state index contributed by atoms with van der Waals surface area (Å²) in [7, 11) is 1.65. The van der Waals surface area contributed by atoms with Crippen molar-refractivity contribution in [3.63, 3.8) is 0 Å². The Kier molecular flexibility index (Phi) is 6.38. The van der Waals surface area contributed by atoms with E-state index in [0.29, 0.717) is 18.3 Å². The highest BCUT2D eigenvalue weighted by atomic mass is 16.5. The average Bonchev–Trinajstić information content (AvgIpc) is 3.12. The fourth-order valence-corrected chi connectivity index (χ4v) is 2.87. The molecule has 0 bridgehead atoms. The van der Waals surface area contributed by atoms with Gasteiger partial charge in [-0.3, -0.25) is 9.80 Å². The zero-order valence-electron chi connectivity index (χ0n) is 15.0. The quantitative estimate of drug-likeness (QED) is 0.676. The first-order valence-electron chi connectivity index (χ1n) is 8.77. The van der Waals surface area contributed by atoms with Crippen molar-refractivity contribution in [1.82, 2.24) is 20.0 Å². The lowest BCUT2D eigenvalue weighted by molar-refractivity contribution is 0.0757. The fraction of sp³-hybridized carbons (Fsp3) is 0.556. The molecule has 2 heterocycles. The third-order valence-corrected chi connectivity index (χ3v) is 4.38. The molecule has 136 valence electrons. The molecule has 0 radical (unpaired) electrons. The van der Waals surface area contributed by atoms with Crippen LogP contribution in [0.2, 0.25) is 0 Å². The van der Waals surface area contributed by atoms with Gasteiger partial charge in [0.15, 0.2) is 0 Å².